The normalized spacial score (nSPS) is 10.6. The molecular formula is C18H18Cl3NO. The van der Waals surface area contributed by atoms with Gasteiger partial charge in [-0.1, -0.05) is 59.6 Å². The molecule has 122 valence electrons. The van der Waals surface area contributed by atoms with Gasteiger partial charge in [-0.05, 0) is 36.1 Å². The summed E-state index contributed by atoms with van der Waals surface area (Å²) in [6, 6.07) is 15.5. The van der Waals surface area contributed by atoms with Crippen LogP contribution < -0.4 is 0 Å². The average molecular weight is 371 g/mol. The Morgan fingerprint density at radius 3 is 2.43 bits per heavy atom. The number of amides is 1. The van der Waals surface area contributed by atoms with E-state index in [2.05, 4.69) is 12.1 Å². The summed E-state index contributed by atoms with van der Waals surface area (Å²) in [6.45, 7) is 1.08. The molecule has 0 spiro atoms. The van der Waals surface area contributed by atoms with Crippen molar-refractivity contribution >= 4 is 40.7 Å². The highest BCUT2D eigenvalue weighted by molar-refractivity contribution is 6.35. The van der Waals surface area contributed by atoms with E-state index in [9.17, 15) is 4.79 Å². The molecule has 0 aliphatic rings. The lowest BCUT2D eigenvalue weighted by molar-refractivity contribution is -0.129. The Morgan fingerprint density at radius 2 is 1.78 bits per heavy atom. The highest BCUT2D eigenvalue weighted by Gasteiger charge is 2.14. The first kappa shape index (κ1) is 18.1. The van der Waals surface area contributed by atoms with Crippen LogP contribution in [0.3, 0.4) is 0 Å². The van der Waals surface area contributed by atoms with Crippen molar-refractivity contribution in [3.63, 3.8) is 0 Å². The number of hydrogen-bond acceptors (Lipinski definition) is 1. The van der Waals surface area contributed by atoms with Gasteiger partial charge in [-0.2, -0.15) is 0 Å². The molecule has 0 aromatic heterocycles. The van der Waals surface area contributed by atoms with Gasteiger partial charge in [0.2, 0.25) is 5.91 Å². The number of aryl methyl sites for hydroxylation is 1. The van der Waals surface area contributed by atoms with E-state index in [0.29, 0.717) is 23.1 Å². The summed E-state index contributed by atoms with van der Waals surface area (Å²) >= 11 is 17.8. The first-order valence-electron chi connectivity index (χ1n) is 7.41. The summed E-state index contributed by atoms with van der Waals surface area (Å²) in [5.74, 6) is -0.123. The highest BCUT2D eigenvalue weighted by atomic mass is 35.5. The minimum Gasteiger partial charge on any atom is -0.337 e. The standard InChI is InChI=1S/C18H18Cl3NO/c19-12-18(23)22(10-4-7-14-5-2-1-3-6-14)13-15-8-9-16(20)11-17(15)21/h1-3,5-6,8-9,11H,4,7,10,12-13H2. The van der Waals surface area contributed by atoms with Crippen LogP contribution in [0.25, 0.3) is 0 Å². The molecular weight excluding hydrogens is 353 g/mol. The Morgan fingerprint density at radius 1 is 1.04 bits per heavy atom. The molecule has 2 rings (SSSR count). The molecule has 0 aliphatic carbocycles. The second kappa shape index (κ2) is 9.17. The second-order valence-electron chi connectivity index (χ2n) is 5.27. The summed E-state index contributed by atoms with van der Waals surface area (Å²) < 4.78 is 0. The molecule has 2 aromatic rings. The third-order valence-electron chi connectivity index (χ3n) is 3.58. The monoisotopic (exact) mass is 369 g/mol. The summed E-state index contributed by atoms with van der Waals surface area (Å²) in [5, 5.41) is 1.14. The zero-order chi connectivity index (χ0) is 16.7. The Hall–Kier alpha value is -1.22. The Bertz CT molecular complexity index is 646. The number of alkyl halides is 1. The molecule has 0 bridgehead atoms. The fraction of sp³-hybridized carbons (Fsp3) is 0.278. The molecule has 2 nitrogen and oxygen atoms in total. The van der Waals surface area contributed by atoms with Crippen LogP contribution in [0.2, 0.25) is 10.0 Å². The van der Waals surface area contributed by atoms with Crippen LogP contribution in [-0.2, 0) is 17.8 Å². The molecule has 0 heterocycles. The first-order chi connectivity index (χ1) is 11.1. The van der Waals surface area contributed by atoms with E-state index in [1.165, 1.54) is 5.56 Å². The van der Waals surface area contributed by atoms with Gasteiger partial charge < -0.3 is 4.90 Å². The van der Waals surface area contributed by atoms with Gasteiger partial charge >= 0.3 is 0 Å². The number of carbonyl (C=O) groups excluding carboxylic acids is 1. The second-order valence-corrected chi connectivity index (χ2v) is 6.38. The van der Waals surface area contributed by atoms with Crippen LogP contribution in [0.4, 0.5) is 0 Å². The van der Waals surface area contributed by atoms with Crippen molar-refractivity contribution in [3.8, 4) is 0 Å². The molecule has 0 saturated heterocycles. The van der Waals surface area contributed by atoms with E-state index in [1.807, 2.05) is 24.3 Å². The molecule has 0 radical (unpaired) electrons. The lowest BCUT2D eigenvalue weighted by Gasteiger charge is -2.22. The van der Waals surface area contributed by atoms with Gasteiger partial charge in [0.25, 0.3) is 0 Å². The molecule has 5 heteroatoms. The smallest absolute Gasteiger partial charge is 0.237 e. The topological polar surface area (TPSA) is 20.3 Å². The van der Waals surface area contributed by atoms with Crippen molar-refractivity contribution in [2.24, 2.45) is 0 Å². The van der Waals surface area contributed by atoms with Crippen LogP contribution in [0.5, 0.6) is 0 Å². The van der Waals surface area contributed by atoms with Gasteiger partial charge in [-0.25, -0.2) is 0 Å². The molecule has 2 aromatic carbocycles. The molecule has 0 fully saturated rings. The average Bonchev–Trinajstić information content (AvgIpc) is 2.56. The fourth-order valence-corrected chi connectivity index (χ4v) is 2.99. The highest BCUT2D eigenvalue weighted by Crippen LogP contribution is 2.22. The predicted molar refractivity (Wildman–Crippen MR) is 97.4 cm³/mol. The van der Waals surface area contributed by atoms with Gasteiger partial charge in [0, 0.05) is 23.1 Å². The molecule has 1 amide bonds. The van der Waals surface area contributed by atoms with E-state index in [-0.39, 0.29) is 11.8 Å². The van der Waals surface area contributed by atoms with Gasteiger partial charge in [0.05, 0.1) is 0 Å². The number of benzene rings is 2. The lowest BCUT2D eigenvalue weighted by atomic mass is 10.1. The van der Waals surface area contributed by atoms with Crippen molar-refractivity contribution in [3.05, 3.63) is 69.7 Å². The van der Waals surface area contributed by atoms with Crippen LogP contribution in [-0.4, -0.2) is 23.2 Å². The summed E-state index contributed by atoms with van der Waals surface area (Å²) in [4.78, 5) is 13.8. The van der Waals surface area contributed by atoms with Crippen LogP contribution in [0, 0.1) is 0 Å². The largest absolute Gasteiger partial charge is 0.337 e. The predicted octanol–water partition coefficient (Wildman–Crippen LogP) is 5.19. The van der Waals surface area contributed by atoms with Gasteiger partial charge in [0.1, 0.15) is 5.88 Å². The molecule has 23 heavy (non-hydrogen) atoms. The number of halogens is 3. The Labute approximate surface area is 152 Å². The van der Waals surface area contributed by atoms with Crippen molar-refractivity contribution in [1.82, 2.24) is 4.90 Å². The molecule has 0 unspecified atom stereocenters. The zero-order valence-electron chi connectivity index (χ0n) is 12.6. The summed E-state index contributed by atoms with van der Waals surface area (Å²) in [7, 11) is 0. The van der Waals surface area contributed by atoms with Crippen molar-refractivity contribution in [1.29, 1.82) is 0 Å². The molecule has 0 atom stereocenters. The SMILES string of the molecule is O=C(CCl)N(CCCc1ccccc1)Cc1ccc(Cl)cc1Cl. The van der Waals surface area contributed by atoms with Gasteiger partial charge in [-0.3, -0.25) is 4.79 Å². The van der Waals surface area contributed by atoms with E-state index in [4.69, 9.17) is 34.8 Å². The number of carbonyl (C=O) groups is 1. The Balaban J connectivity index is 1.98. The van der Waals surface area contributed by atoms with Crippen molar-refractivity contribution in [2.45, 2.75) is 19.4 Å². The molecule has 0 N–H and O–H groups in total. The minimum atomic E-state index is -0.0919. The third kappa shape index (κ3) is 5.72. The maximum Gasteiger partial charge on any atom is 0.237 e. The third-order valence-corrected chi connectivity index (χ3v) is 4.40. The van der Waals surface area contributed by atoms with Crippen molar-refractivity contribution in [2.75, 3.05) is 12.4 Å². The quantitative estimate of drug-likeness (QED) is 0.614. The molecule has 0 aliphatic heterocycles. The van der Waals surface area contributed by atoms with Crippen LogP contribution in [0.15, 0.2) is 48.5 Å². The summed E-state index contributed by atoms with van der Waals surface area (Å²) in [5.41, 5.74) is 2.13. The summed E-state index contributed by atoms with van der Waals surface area (Å²) in [6.07, 6.45) is 1.79. The van der Waals surface area contributed by atoms with Gasteiger partial charge in [0.15, 0.2) is 0 Å². The van der Waals surface area contributed by atoms with Crippen molar-refractivity contribution < 1.29 is 4.79 Å². The van der Waals surface area contributed by atoms with E-state index >= 15 is 0 Å². The first-order valence-corrected chi connectivity index (χ1v) is 8.71. The van der Waals surface area contributed by atoms with E-state index < -0.39 is 0 Å². The number of hydrogen-bond donors (Lipinski definition) is 0. The maximum absolute atomic E-state index is 12.1. The zero-order valence-corrected chi connectivity index (χ0v) is 14.9. The fourth-order valence-electron chi connectivity index (χ4n) is 2.35. The van der Waals surface area contributed by atoms with Crippen LogP contribution in [0.1, 0.15) is 17.5 Å². The minimum absolute atomic E-state index is 0.0312. The lowest BCUT2D eigenvalue weighted by Crippen LogP contribution is -2.32. The van der Waals surface area contributed by atoms with E-state index in [1.54, 1.807) is 17.0 Å². The number of rotatable bonds is 7. The number of nitrogens with zero attached hydrogens (tertiary/aromatic N) is 1. The Kier molecular flexibility index (Phi) is 7.22. The maximum atomic E-state index is 12.1. The van der Waals surface area contributed by atoms with E-state index in [0.717, 1.165) is 18.4 Å². The van der Waals surface area contributed by atoms with Gasteiger partial charge in [-0.15, -0.1) is 11.6 Å². The molecule has 0 saturated carbocycles. The van der Waals surface area contributed by atoms with Crippen LogP contribution >= 0.6 is 34.8 Å².